The molecule has 0 bridgehead atoms. The maximum Gasteiger partial charge on any atom is 0.407 e. The van der Waals surface area contributed by atoms with E-state index in [0.717, 1.165) is 37.6 Å². The first-order valence-electron chi connectivity index (χ1n) is 8.12. The van der Waals surface area contributed by atoms with Crippen molar-refractivity contribution in [1.82, 2.24) is 13.9 Å². The molecule has 1 N–H and O–H groups in total. The van der Waals surface area contributed by atoms with Gasteiger partial charge in [0, 0.05) is 25.0 Å². The van der Waals surface area contributed by atoms with Gasteiger partial charge in [0.1, 0.15) is 5.69 Å². The largest absolute Gasteiger partial charge is 0.465 e. The minimum absolute atomic E-state index is 0.307. The number of aromatic nitrogens is 2. The van der Waals surface area contributed by atoms with Gasteiger partial charge in [-0.1, -0.05) is 0 Å². The number of hydrogen-bond acceptors (Lipinski definition) is 5. The Hall–Kier alpha value is -3.35. The first-order chi connectivity index (χ1) is 14.0. The van der Waals surface area contributed by atoms with Gasteiger partial charge < -0.3 is 14.4 Å². The molecule has 0 unspecified atom stereocenters. The second-order valence-corrected chi connectivity index (χ2v) is 7.80. The van der Waals surface area contributed by atoms with Gasteiger partial charge in [0.2, 0.25) is 11.0 Å². The Balaban J connectivity index is 2.24. The van der Waals surface area contributed by atoms with E-state index in [0.29, 0.717) is 8.87 Å². The molecular formula is C17H13F4N3O5S. The van der Waals surface area contributed by atoms with Gasteiger partial charge in [-0.25, -0.2) is 26.9 Å². The van der Waals surface area contributed by atoms with E-state index in [1.807, 2.05) is 0 Å². The highest BCUT2D eigenvalue weighted by molar-refractivity contribution is 7.89. The average Bonchev–Trinajstić information content (AvgIpc) is 3.29. The second-order valence-electron chi connectivity index (χ2n) is 6.06. The third kappa shape index (κ3) is 3.75. The summed E-state index contributed by atoms with van der Waals surface area (Å²) in [4.78, 5) is 15.1. The normalized spacial score (nSPS) is 11.8. The SMILES string of the molecule is CN(Cc1cn(S(=O)(=O)c2ccc(C(F)F)o2)c(-c2cccnc2F)c1F)C(=O)O. The first-order valence-corrected chi connectivity index (χ1v) is 9.56. The van der Waals surface area contributed by atoms with Gasteiger partial charge in [0.25, 0.3) is 6.43 Å². The number of carboxylic acid groups (broad SMARTS) is 1. The van der Waals surface area contributed by atoms with Crippen LogP contribution in [0.15, 0.2) is 46.2 Å². The van der Waals surface area contributed by atoms with Crippen molar-refractivity contribution in [3.8, 4) is 11.3 Å². The number of carbonyl (C=O) groups is 1. The molecule has 0 spiro atoms. The van der Waals surface area contributed by atoms with Crippen LogP contribution < -0.4 is 0 Å². The van der Waals surface area contributed by atoms with E-state index in [1.54, 1.807) is 0 Å². The van der Waals surface area contributed by atoms with Crippen molar-refractivity contribution in [2.24, 2.45) is 0 Å². The number of rotatable bonds is 6. The van der Waals surface area contributed by atoms with Crippen LogP contribution in [-0.4, -0.2) is 40.5 Å². The molecule has 13 heteroatoms. The molecule has 160 valence electrons. The van der Waals surface area contributed by atoms with Gasteiger partial charge in [-0.05, 0) is 24.3 Å². The molecule has 0 aliphatic rings. The second kappa shape index (κ2) is 7.82. The van der Waals surface area contributed by atoms with Crippen LogP contribution in [0.5, 0.6) is 0 Å². The van der Waals surface area contributed by atoms with Crippen molar-refractivity contribution >= 4 is 16.1 Å². The maximum atomic E-state index is 15.1. The topological polar surface area (TPSA) is 106 Å². The number of amides is 1. The first kappa shape index (κ1) is 21.4. The van der Waals surface area contributed by atoms with Crippen molar-refractivity contribution in [2.75, 3.05) is 7.05 Å². The molecule has 3 rings (SSSR count). The van der Waals surface area contributed by atoms with Crippen LogP contribution >= 0.6 is 0 Å². The molecule has 3 aromatic heterocycles. The molecule has 0 radical (unpaired) electrons. The highest BCUT2D eigenvalue weighted by Gasteiger charge is 2.31. The van der Waals surface area contributed by atoms with E-state index < -0.39 is 68.5 Å². The predicted molar refractivity (Wildman–Crippen MR) is 93.3 cm³/mol. The van der Waals surface area contributed by atoms with E-state index in [-0.39, 0.29) is 0 Å². The summed E-state index contributed by atoms with van der Waals surface area (Å²) >= 11 is 0. The van der Waals surface area contributed by atoms with E-state index in [1.165, 1.54) is 6.07 Å². The zero-order valence-electron chi connectivity index (χ0n) is 15.1. The number of nitrogens with zero attached hydrogens (tertiary/aromatic N) is 3. The molecule has 0 aromatic carbocycles. The van der Waals surface area contributed by atoms with Gasteiger partial charge in [-0.3, -0.25) is 0 Å². The molecule has 3 heterocycles. The molecule has 0 fully saturated rings. The number of halogens is 4. The van der Waals surface area contributed by atoms with E-state index >= 15 is 4.39 Å². The maximum absolute atomic E-state index is 15.1. The highest BCUT2D eigenvalue weighted by atomic mass is 32.2. The molecule has 0 saturated carbocycles. The molecule has 0 saturated heterocycles. The lowest BCUT2D eigenvalue weighted by atomic mass is 10.2. The van der Waals surface area contributed by atoms with E-state index in [4.69, 9.17) is 5.11 Å². The number of furan rings is 1. The summed E-state index contributed by atoms with van der Waals surface area (Å²) in [5.41, 5.74) is -1.73. The summed E-state index contributed by atoms with van der Waals surface area (Å²) in [6.07, 6.45) is -2.73. The molecule has 8 nitrogen and oxygen atoms in total. The van der Waals surface area contributed by atoms with Crippen LogP contribution in [0, 0.1) is 11.8 Å². The monoisotopic (exact) mass is 447 g/mol. The summed E-state index contributed by atoms with van der Waals surface area (Å²) in [5, 5.41) is 8.05. The standard InChI is InChI=1S/C17H13F4N3O5S/c1-23(17(25)26)7-9-8-24(14(13(9)18)10-3-2-6-22-16(10)21)30(27,28)12-5-4-11(29-12)15(19)20/h2-6,8,15H,7H2,1H3,(H,25,26). The quantitative estimate of drug-likeness (QED) is 0.456. The summed E-state index contributed by atoms with van der Waals surface area (Å²) in [7, 11) is -3.68. The van der Waals surface area contributed by atoms with Gasteiger partial charge in [0.05, 0.1) is 12.1 Å². The number of alkyl halides is 2. The Morgan fingerprint density at radius 2 is 2.00 bits per heavy atom. The third-order valence-electron chi connectivity index (χ3n) is 4.06. The predicted octanol–water partition coefficient (Wildman–Crippen LogP) is 3.71. The smallest absolute Gasteiger partial charge is 0.407 e. The Bertz CT molecular complexity index is 1210. The number of pyridine rings is 1. The molecule has 0 aliphatic heterocycles. The van der Waals surface area contributed by atoms with Crippen LogP contribution in [0.1, 0.15) is 17.7 Å². The average molecular weight is 447 g/mol. The lowest BCUT2D eigenvalue weighted by molar-refractivity contribution is 0.116. The minimum Gasteiger partial charge on any atom is -0.465 e. The van der Waals surface area contributed by atoms with Gasteiger partial charge in [0.15, 0.2) is 11.6 Å². The van der Waals surface area contributed by atoms with Crippen molar-refractivity contribution < 1.29 is 40.3 Å². The molecule has 0 atom stereocenters. The molecule has 1 amide bonds. The Morgan fingerprint density at radius 3 is 2.57 bits per heavy atom. The number of hydrogen-bond donors (Lipinski definition) is 1. The van der Waals surface area contributed by atoms with Crippen molar-refractivity contribution in [3.05, 3.63) is 59.7 Å². The van der Waals surface area contributed by atoms with Crippen LogP contribution in [0.4, 0.5) is 22.4 Å². The van der Waals surface area contributed by atoms with Gasteiger partial charge in [-0.2, -0.15) is 12.8 Å². The molecule has 3 aromatic rings. The van der Waals surface area contributed by atoms with E-state index in [9.17, 15) is 26.4 Å². The Morgan fingerprint density at radius 1 is 1.30 bits per heavy atom. The van der Waals surface area contributed by atoms with Crippen LogP contribution in [0.25, 0.3) is 11.3 Å². The zero-order chi connectivity index (χ0) is 22.2. The van der Waals surface area contributed by atoms with Gasteiger partial charge in [-0.15, -0.1) is 0 Å². The summed E-state index contributed by atoms with van der Waals surface area (Å²) in [5.74, 6) is -3.35. The summed E-state index contributed by atoms with van der Waals surface area (Å²) < 4.78 is 85.8. The fourth-order valence-electron chi connectivity index (χ4n) is 2.62. The Labute approximate surface area is 167 Å². The van der Waals surface area contributed by atoms with Crippen LogP contribution in [-0.2, 0) is 16.6 Å². The van der Waals surface area contributed by atoms with Crippen molar-refractivity contribution in [1.29, 1.82) is 0 Å². The lowest BCUT2D eigenvalue weighted by Gasteiger charge is -2.11. The third-order valence-corrected chi connectivity index (χ3v) is 5.60. The minimum atomic E-state index is -4.79. The molecular weight excluding hydrogens is 434 g/mol. The fourth-order valence-corrected chi connectivity index (χ4v) is 3.94. The van der Waals surface area contributed by atoms with E-state index in [2.05, 4.69) is 9.40 Å². The lowest BCUT2D eigenvalue weighted by Crippen LogP contribution is -2.24. The van der Waals surface area contributed by atoms with Crippen LogP contribution in [0.3, 0.4) is 0 Å². The van der Waals surface area contributed by atoms with Crippen molar-refractivity contribution in [2.45, 2.75) is 18.1 Å². The summed E-state index contributed by atoms with van der Waals surface area (Å²) in [6.45, 7) is -0.570. The molecule has 30 heavy (non-hydrogen) atoms. The highest BCUT2D eigenvalue weighted by Crippen LogP contribution is 2.33. The van der Waals surface area contributed by atoms with Crippen LogP contribution in [0.2, 0.25) is 0 Å². The molecule has 0 aliphatic carbocycles. The Kier molecular flexibility index (Phi) is 5.57. The summed E-state index contributed by atoms with van der Waals surface area (Å²) in [6, 6.07) is 3.78. The zero-order valence-corrected chi connectivity index (χ0v) is 15.9. The van der Waals surface area contributed by atoms with Gasteiger partial charge >= 0.3 is 16.1 Å². The van der Waals surface area contributed by atoms with Crippen molar-refractivity contribution in [3.63, 3.8) is 0 Å². The fraction of sp³-hybridized carbons (Fsp3) is 0.176.